The molecule has 2 rings (SSSR count). The van der Waals surface area contributed by atoms with Crippen molar-refractivity contribution in [3.05, 3.63) is 60.2 Å². The third-order valence-corrected chi connectivity index (χ3v) is 2.81. The molecule has 3 heteroatoms. The average Bonchev–Trinajstić information content (AvgIpc) is 2.49. The van der Waals surface area contributed by atoms with Gasteiger partial charge in [-0.25, -0.2) is 4.79 Å². The van der Waals surface area contributed by atoms with Crippen LogP contribution in [0.4, 0.5) is 0 Å². The van der Waals surface area contributed by atoms with Crippen molar-refractivity contribution in [3.63, 3.8) is 0 Å². The van der Waals surface area contributed by atoms with Crippen LogP contribution in [0.5, 0.6) is 11.5 Å². The van der Waals surface area contributed by atoms with E-state index in [4.69, 9.17) is 9.47 Å². The van der Waals surface area contributed by atoms with Gasteiger partial charge in [0.15, 0.2) is 0 Å². The van der Waals surface area contributed by atoms with E-state index in [0.717, 1.165) is 12.8 Å². The highest BCUT2D eigenvalue weighted by molar-refractivity contribution is 5.92. The molecule has 0 bridgehead atoms. The first kappa shape index (κ1) is 14.1. The Labute approximate surface area is 119 Å². The number of hydrogen-bond acceptors (Lipinski definition) is 3. The summed E-state index contributed by atoms with van der Waals surface area (Å²) >= 11 is 0. The molecule has 0 radical (unpaired) electrons. The number of hydrogen-bond donors (Lipinski definition) is 0. The minimum absolute atomic E-state index is 0.343. The highest BCUT2D eigenvalue weighted by Crippen LogP contribution is 2.25. The summed E-state index contributed by atoms with van der Waals surface area (Å²) in [4.78, 5) is 12.0. The molecule has 0 spiro atoms. The van der Waals surface area contributed by atoms with Crippen LogP contribution in [0.25, 0.3) is 0 Å². The van der Waals surface area contributed by atoms with Crippen LogP contribution in [0, 0.1) is 0 Å². The molecular weight excluding hydrogens is 252 g/mol. The zero-order valence-corrected chi connectivity index (χ0v) is 11.5. The monoisotopic (exact) mass is 270 g/mol. The molecule has 0 aromatic heterocycles. The van der Waals surface area contributed by atoms with E-state index in [9.17, 15) is 4.79 Å². The molecule has 0 fully saturated rings. The average molecular weight is 270 g/mol. The molecule has 2 aromatic carbocycles. The van der Waals surface area contributed by atoms with Crippen LogP contribution in [0.1, 0.15) is 30.1 Å². The van der Waals surface area contributed by atoms with Gasteiger partial charge in [0.05, 0.1) is 6.61 Å². The summed E-state index contributed by atoms with van der Waals surface area (Å²) in [6.45, 7) is 2.50. The molecule has 0 aliphatic rings. The lowest BCUT2D eigenvalue weighted by Gasteiger charge is -2.10. The lowest BCUT2D eigenvalue weighted by atomic mass is 10.2. The van der Waals surface area contributed by atoms with E-state index >= 15 is 0 Å². The summed E-state index contributed by atoms with van der Waals surface area (Å²) < 4.78 is 11.0. The summed E-state index contributed by atoms with van der Waals surface area (Å²) in [5.41, 5.74) is 0.451. The molecule has 3 nitrogen and oxygen atoms in total. The highest BCUT2D eigenvalue weighted by atomic mass is 16.5. The standard InChI is InChI=1S/C17H18O3/c1-2-3-13-19-17(18)15-11-7-8-12-16(15)20-14-9-5-4-6-10-14/h4-12H,2-3,13H2,1H3. The minimum Gasteiger partial charge on any atom is -0.462 e. The quantitative estimate of drug-likeness (QED) is 0.575. The molecule has 0 amide bonds. The van der Waals surface area contributed by atoms with Crippen LogP contribution in [0.15, 0.2) is 54.6 Å². The summed E-state index contributed by atoms with van der Waals surface area (Å²) in [6.07, 6.45) is 1.86. The fourth-order valence-corrected chi connectivity index (χ4v) is 1.73. The topological polar surface area (TPSA) is 35.5 Å². The van der Waals surface area contributed by atoms with Crippen molar-refractivity contribution < 1.29 is 14.3 Å². The summed E-state index contributed by atoms with van der Waals surface area (Å²) in [5, 5.41) is 0. The van der Waals surface area contributed by atoms with Crippen LogP contribution >= 0.6 is 0 Å². The lowest BCUT2D eigenvalue weighted by molar-refractivity contribution is 0.0497. The zero-order valence-electron chi connectivity index (χ0n) is 11.5. The van der Waals surface area contributed by atoms with Gasteiger partial charge in [-0.2, -0.15) is 0 Å². The Balaban J connectivity index is 2.11. The zero-order chi connectivity index (χ0) is 14.2. The first-order valence-electron chi connectivity index (χ1n) is 6.80. The largest absolute Gasteiger partial charge is 0.462 e. The Morgan fingerprint density at radius 1 is 1.00 bits per heavy atom. The van der Waals surface area contributed by atoms with Crippen molar-refractivity contribution in [2.45, 2.75) is 19.8 Å². The van der Waals surface area contributed by atoms with Crippen molar-refractivity contribution in [1.29, 1.82) is 0 Å². The Hall–Kier alpha value is -2.29. The predicted molar refractivity (Wildman–Crippen MR) is 78.1 cm³/mol. The normalized spacial score (nSPS) is 10.1. The van der Waals surface area contributed by atoms with Crippen molar-refractivity contribution >= 4 is 5.97 Å². The van der Waals surface area contributed by atoms with Gasteiger partial charge in [0.2, 0.25) is 0 Å². The van der Waals surface area contributed by atoms with Gasteiger partial charge >= 0.3 is 5.97 Å². The predicted octanol–water partition coefficient (Wildman–Crippen LogP) is 4.44. The van der Waals surface area contributed by atoms with E-state index in [0.29, 0.717) is 23.7 Å². The van der Waals surface area contributed by atoms with E-state index < -0.39 is 0 Å². The van der Waals surface area contributed by atoms with Gasteiger partial charge in [-0.3, -0.25) is 0 Å². The number of ether oxygens (including phenoxy) is 2. The van der Waals surface area contributed by atoms with Gasteiger partial charge in [0, 0.05) is 0 Å². The van der Waals surface area contributed by atoms with Crippen molar-refractivity contribution in [3.8, 4) is 11.5 Å². The molecule has 0 saturated carbocycles. The Kier molecular flexibility index (Phi) is 5.18. The second kappa shape index (κ2) is 7.34. The maximum Gasteiger partial charge on any atom is 0.341 e. The highest BCUT2D eigenvalue weighted by Gasteiger charge is 2.13. The minimum atomic E-state index is -0.343. The van der Waals surface area contributed by atoms with Gasteiger partial charge in [0.25, 0.3) is 0 Å². The molecule has 0 saturated heterocycles. The number of rotatable bonds is 6. The molecule has 0 aliphatic carbocycles. The van der Waals surface area contributed by atoms with Gasteiger partial charge in [-0.15, -0.1) is 0 Å². The number of esters is 1. The third-order valence-electron chi connectivity index (χ3n) is 2.81. The molecule has 0 N–H and O–H groups in total. The molecule has 0 heterocycles. The van der Waals surface area contributed by atoms with E-state index in [2.05, 4.69) is 6.92 Å². The van der Waals surface area contributed by atoms with Gasteiger partial charge < -0.3 is 9.47 Å². The van der Waals surface area contributed by atoms with Gasteiger partial charge in [-0.1, -0.05) is 43.7 Å². The smallest absolute Gasteiger partial charge is 0.341 e. The summed E-state index contributed by atoms with van der Waals surface area (Å²) in [7, 11) is 0. The van der Waals surface area contributed by atoms with Crippen LogP contribution in [-0.2, 0) is 4.74 Å². The first-order valence-corrected chi connectivity index (χ1v) is 6.80. The van der Waals surface area contributed by atoms with Crippen LogP contribution < -0.4 is 4.74 Å². The van der Waals surface area contributed by atoms with Crippen molar-refractivity contribution in [1.82, 2.24) is 0 Å². The molecule has 0 aliphatic heterocycles. The summed E-state index contributed by atoms with van der Waals surface area (Å²) in [5.74, 6) is 0.867. The van der Waals surface area contributed by atoms with Gasteiger partial charge in [0.1, 0.15) is 17.1 Å². The maximum absolute atomic E-state index is 12.0. The molecule has 0 atom stereocenters. The maximum atomic E-state index is 12.0. The van der Waals surface area contributed by atoms with Gasteiger partial charge in [-0.05, 0) is 30.7 Å². The van der Waals surface area contributed by atoms with E-state index in [1.165, 1.54) is 0 Å². The second-order valence-corrected chi connectivity index (χ2v) is 4.40. The van der Waals surface area contributed by atoms with E-state index in [1.807, 2.05) is 36.4 Å². The molecule has 0 unspecified atom stereocenters. The number of carbonyl (C=O) groups is 1. The van der Waals surface area contributed by atoms with E-state index in [-0.39, 0.29) is 5.97 Å². The Morgan fingerprint density at radius 2 is 1.70 bits per heavy atom. The molecular formula is C17H18O3. The number of benzene rings is 2. The molecule has 2 aromatic rings. The fraction of sp³-hybridized carbons (Fsp3) is 0.235. The molecule has 104 valence electrons. The third kappa shape index (κ3) is 3.85. The fourth-order valence-electron chi connectivity index (χ4n) is 1.73. The van der Waals surface area contributed by atoms with Crippen molar-refractivity contribution in [2.75, 3.05) is 6.61 Å². The lowest BCUT2D eigenvalue weighted by Crippen LogP contribution is -2.07. The molecule has 20 heavy (non-hydrogen) atoms. The van der Waals surface area contributed by atoms with Crippen molar-refractivity contribution in [2.24, 2.45) is 0 Å². The van der Waals surface area contributed by atoms with Crippen LogP contribution in [0.2, 0.25) is 0 Å². The number of para-hydroxylation sites is 2. The Morgan fingerprint density at radius 3 is 2.45 bits per heavy atom. The van der Waals surface area contributed by atoms with Crippen LogP contribution in [-0.4, -0.2) is 12.6 Å². The van der Waals surface area contributed by atoms with Crippen LogP contribution in [0.3, 0.4) is 0 Å². The first-order chi connectivity index (χ1) is 9.81. The number of unbranched alkanes of at least 4 members (excludes halogenated alkanes) is 1. The number of carbonyl (C=O) groups excluding carboxylic acids is 1. The Bertz CT molecular complexity index is 549. The SMILES string of the molecule is CCCCOC(=O)c1ccccc1Oc1ccccc1. The summed E-state index contributed by atoms with van der Waals surface area (Å²) in [6, 6.07) is 16.5. The second-order valence-electron chi connectivity index (χ2n) is 4.40. The van der Waals surface area contributed by atoms with E-state index in [1.54, 1.807) is 18.2 Å².